The van der Waals surface area contributed by atoms with Gasteiger partial charge in [0, 0.05) is 24.0 Å². The highest BCUT2D eigenvalue weighted by atomic mass is 15.2. The van der Waals surface area contributed by atoms with Crippen LogP contribution in [0.15, 0.2) is 18.2 Å². The molecule has 1 aromatic rings. The fraction of sp³-hybridized carbons (Fsp3) is 0.500. The average molecular weight is 229 g/mol. The summed E-state index contributed by atoms with van der Waals surface area (Å²) in [5.74, 6) is 0.738. The van der Waals surface area contributed by atoms with Crippen molar-refractivity contribution in [1.82, 2.24) is 0 Å². The van der Waals surface area contributed by atoms with E-state index < -0.39 is 0 Å². The van der Waals surface area contributed by atoms with Gasteiger partial charge >= 0.3 is 0 Å². The standard InChI is InChI=1S/C14H19N3/c1-10-7-11(2)17(9-10)13-3-4-14(16)12(8-13)5-6-15/h3-4,8,10-11H,5,7,9,16H2,1-2H3. The van der Waals surface area contributed by atoms with E-state index in [2.05, 4.69) is 36.9 Å². The predicted molar refractivity (Wildman–Crippen MR) is 70.8 cm³/mol. The number of nitrogens with zero attached hydrogens (tertiary/aromatic N) is 2. The fourth-order valence-corrected chi connectivity index (χ4v) is 2.67. The topological polar surface area (TPSA) is 53.0 Å². The molecule has 0 bridgehead atoms. The minimum absolute atomic E-state index is 0.386. The quantitative estimate of drug-likeness (QED) is 0.793. The molecule has 1 aromatic carbocycles. The second-order valence-corrected chi connectivity index (χ2v) is 5.06. The lowest BCUT2D eigenvalue weighted by atomic mass is 10.1. The third-order valence-electron chi connectivity index (χ3n) is 3.51. The van der Waals surface area contributed by atoms with E-state index in [1.807, 2.05) is 6.07 Å². The number of rotatable bonds is 2. The molecule has 1 fully saturated rings. The lowest BCUT2D eigenvalue weighted by molar-refractivity contribution is 0.625. The maximum Gasteiger partial charge on any atom is 0.0670 e. The molecule has 0 spiro atoms. The molecular formula is C14H19N3. The molecule has 90 valence electrons. The lowest BCUT2D eigenvalue weighted by Gasteiger charge is -2.24. The number of anilines is 2. The van der Waals surface area contributed by atoms with E-state index in [0.29, 0.717) is 12.5 Å². The van der Waals surface area contributed by atoms with Crippen LogP contribution < -0.4 is 10.6 Å². The molecule has 0 aromatic heterocycles. The molecule has 1 saturated heterocycles. The van der Waals surface area contributed by atoms with Crippen LogP contribution >= 0.6 is 0 Å². The largest absolute Gasteiger partial charge is 0.398 e. The Balaban J connectivity index is 2.28. The highest BCUT2D eigenvalue weighted by Gasteiger charge is 2.26. The van der Waals surface area contributed by atoms with Gasteiger partial charge in [0.15, 0.2) is 0 Å². The van der Waals surface area contributed by atoms with Gasteiger partial charge in [-0.3, -0.25) is 0 Å². The summed E-state index contributed by atoms with van der Waals surface area (Å²) in [4.78, 5) is 2.41. The van der Waals surface area contributed by atoms with Gasteiger partial charge < -0.3 is 10.6 Å². The molecule has 1 aliphatic rings. The molecule has 17 heavy (non-hydrogen) atoms. The number of benzene rings is 1. The van der Waals surface area contributed by atoms with E-state index in [-0.39, 0.29) is 0 Å². The van der Waals surface area contributed by atoms with Crippen molar-refractivity contribution in [3.8, 4) is 6.07 Å². The Labute approximate surface area is 103 Å². The first-order valence-electron chi connectivity index (χ1n) is 6.13. The molecule has 0 aliphatic carbocycles. The lowest BCUT2D eigenvalue weighted by Crippen LogP contribution is -2.26. The van der Waals surface area contributed by atoms with Crippen molar-refractivity contribution >= 4 is 11.4 Å². The van der Waals surface area contributed by atoms with Crippen molar-refractivity contribution in [3.63, 3.8) is 0 Å². The number of nitrogens with two attached hydrogens (primary N) is 1. The third kappa shape index (κ3) is 2.36. The van der Waals surface area contributed by atoms with E-state index in [4.69, 9.17) is 11.0 Å². The summed E-state index contributed by atoms with van der Waals surface area (Å²) in [5, 5.41) is 8.78. The van der Waals surface area contributed by atoms with Crippen LogP contribution in [0.3, 0.4) is 0 Å². The van der Waals surface area contributed by atoms with Gasteiger partial charge in [0.05, 0.1) is 12.5 Å². The highest BCUT2D eigenvalue weighted by molar-refractivity contribution is 5.60. The van der Waals surface area contributed by atoms with Crippen LogP contribution in [-0.2, 0) is 6.42 Å². The molecule has 3 nitrogen and oxygen atoms in total. The fourth-order valence-electron chi connectivity index (χ4n) is 2.67. The van der Waals surface area contributed by atoms with Crippen molar-refractivity contribution in [2.75, 3.05) is 17.2 Å². The van der Waals surface area contributed by atoms with Gasteiger partial charge in [0.25, 0.3) is 0 Å². The van der Waals surface area contributed by atoms with Crippen molar-refractivity contribution < 1.29 is 0 Å². The summed E-state index contributed by atoms with van der Waals surface area (Å²) in [6.07, 6.45) is 1.62. The molecule has 2 rings (SSSR count). The van der Waals surface area contributed by atoms with Gasteiger partial charge in [-0.2, -0.15) is 5.26 Å². The zero-order valence-corrected chi connectivity index (χ0v) is 10.5. The molecular weight excluding hydrogens is 210 g/mol. The maximum atomic E-state index is 8.78. The summed E-state index contributed by atoms with van der Waals surface area (Å²) in [6, 6.07) is 8.77. The molecule has 0 radical (unpaired) electrons. The van der Waals surface area contributed by atoms with Gasteiger partial charge in [-0.1, -0.05) is 6.92 Å². The first-order valence-corrected chi connectivity index (χ1v) is 6.13. The van der Waals surface area contributed by atoms with Crippen LogP contribution in [0.2, 0.25) is 0 Å². The molecule has 2 unspecified atom stereocenters. The van der Waals surface area contributed by atoms with Crippen LogP contribution in [0.5, 0.6) is 0 Å². The number of hydrogen-bond donors (Lipinski definition) is 1. The van der Waals surface area contributed by atoms with E-state index in [0.717, 1.165) is 23.7 Å². The van der Waals surface area contributed by atoms with Crippen LogP contribution in [-0.4, -0.2) is 12.6 Å². The van der Waals surface area contributed by atoms with Crippen molar-refractivity contribution in [3.05, 3.63) is 23.8 Å². The molecule has 3 heteroatoms. The number of nitriles is 1. The van der Waals surface area contributed by atoms with Gasteiger partial charge in [-0.05, 0) is 43.0 Å². The summed E-state index contributed by atoms with van der Waals surface area (Å²) >= 11 is 0. The summed E-state index contributed by atoms with van der Waals surface area (Å²) < 4.78 is 0. The normalized spacial score (nSPS) is 23.7. The minimum Gasteiger partial charge on any atom is -0.398 e. The smallest absolute Gasteiger partial charge is 0.0670 e. The second-order valence-electron chi connectivity index (χ2n) is 5.06. The van der Waals surface area contributed by atoms with Crippen LogP contribution in [0.1, 0.15) is 25.8 Å². The van der Waals surface area contributed by atoms with Crippen LogP contribution in [0, 0.1) is 17.2 Å². The van der Waals surface area contributed by atoms with Crippen molar-refractivity contribution in [1.29, 1.82) is 5.26 Å². The van der Waals surface area contributed by atoms with E-state index >= 15 is 0 Å². The van der Waals surface area contributed by atoms with Crippen molar-refractivity contribution in [2.45, 2.75) is 32.7 Å². The number of nitrogen functional groups attached to an aromatic ring is 1. The van der Waals surface area contributed by atoms with Crippen LogP contribution in [0.4, 0.5) is 11.4 Å². The van der Waals surface area contributed by atoms with Crippen LogP contribution in [0.25, 0.3) is 0 Å². The summed E-state index contributed by atoms with van der Waals surface area (Å²) in [6.45, 7) is 5.63. The van der Waals surface area contributed by atoms with Gasteiger partial charge in [0.1, 0.15) is 0 Å². The predicted octanol–water partition coefficient (Wildman–Crippen LogP) is 2.57. The Bertz CT molecular complexity index is 447. The summed E-state index contributed by atoms with van der Waals surface area (Å²) in [5.41, 5.74) is 8.72. The Morgan fingerprint density at radius 2 is 2.24 bits per heavy atom. The average Bonchev–Trinajstić information content (AvgIpc) is 2.61. The third-order valence-corrected chi connectivity index (χ3v) is 3.51. The van der Waals surface area contributed by atoms with Crippen molar-refractivity contribution in [2.24, 2.45) is 5.92 Å². The zero-order chi connectivity index (χ0) is 12.4. The number of hydrogen-bond acceptors (Lipinski definition) is 3. The second kappa shape index (κ2) is 4.67. The van der Waals surface area contributed by atoms with Gasteiger partial charge in [-0.25, -0.2) is 0 Å². The minimum atomic E-state index is 0.386. The van der Waals surface area contributed by atoms with E-state index in [1.54, 1.807) is 0 Å². The zero-order valence-electron chi connectivity index (χ0n) is 10.5. The van der Waals surface area contributed by atoms with Gasteiger partial charge in [-0.15, -0.1) is 0 Å². The molecule has 1 heterocycles. The van der Waals surface area contributed by atoms with Gasteiger partial charge in [0.2, 0.25) is 0 Å². The van der Waals surface area contributed by atoms with E-state index in [9.17, 15) is 0 Å². The summed E-state index contributed by atoms with van der Waals surface area (Å²) in [7, 11) is 0. The first kappa shape index (κ1) is 11.8. The maximum absolute atomic E-state index is 8.78. The molecule has 2 N–H and O–H groups in total. The Morgan fingerprint density at radius 3 is 2.82 bits per heavy atom. The Kier molecular flexibility index (Phi) is 3.23. The molecule has 0 saturated carbocycles. The monoisotopic (exact) mass is 229 g/mol. The molecule has 1 aliphatic heterocycles. The first-order chi connectivity index (χ1) is 8.11. The molecule has 0 amide bonds. The Morgan fingerprint density at radius 1 is 1.47 bits per heavy atom. The van der Waals surface area contributed by atoms with E-state index in [1.165, 1.54) is 12.1 Å². The SMILES string of the molecule is CC1CC(C)N(c2ccc(N)c(CC#N)c2)C1. The molecule has 2 atom stereocenters. The Hall–Kier alpha value is -1.69. The highest BCUT2D eigenvalue weighted by Crippen LogP contribution is 2.30.